The molecule has 21 heavy (non-hydrogen) atoms. The van der Waals surface area contributed by atoms with Crippen molar-refractivity contribution in [3.05, 3.63) is 0 Å². The van der Waals surface area contributed by atoms with Crippen LogP contribution in [0.2, 0.25) is 0 Å². The predicted molar refractivity (Wildman–Crippen MR) is 85.5 cm³/mol. The van der Waals surface area contributed by atoms with Gasteiger partial charge in [-0.05, 0) is 37.5 Å². The van der Waals surface area contributed by atoms with Crippen molar-refractivity contribution in [1.82, 2.24) is 15.0 Å². The van der Waals surface area contributed by atoms with Gasteiger partial charge < -0.3 is 15.5 Å². The van der Waals surface area contributed by atoms with E-state index < -0.39 is 0 Å². The molecule has 0 radical (unpaired) electrons. The Morgan fingerprint density at radius 3 is 1.95 bits per heavy atom. The van der Waals surface area contributed by atoms with Gasteiger partial charge in [0, 0.05) is 26.2 Å². The lowest BCUT2D eigenvalue weighted by molar-refractivity contribution is 0.310. The van der Waals surface area contributed by atoms with Gasteiger partial charge in [-0.25, -0.2) is 0 Å². The minimum absolute atomic E-state index is 0.341. The van der Waals surface area contributed by atoms with Gasteiger partial charge in [-0.2, -0.15) is 15.0 Å². The summed E-state index contributed by atoms with van der Waals surface area (Å²) in [6.45, 7) is 8.72. The minimum Gasteiger partial charge on any atom is -0.368 e. The third-order valence-electron chi connectivity index (χ3n) is 4.78. The fourth-order valence-electron chi connectivity index (χ4n) is 3.34. The van der Waals surface area contributed by atoms with Gasteiger partial charge in [-0.3, -0.25) is 0 Å². The number of nitrogens with zero attached hydrogens (tertiary/aromatic N) is 5. The van der Waals surface area contributed by atoms with Crippen LogP contribution in [-0.2, 0) is 0 Å². The Bertz CT molecular complexity index is 475. The molecule has 2 fully saturated rings. The summed E-state index contributed by atoms with van der Waals surface area (Å²) >= 11 is 0. The highest BCUT2D eigenvalue weighted by atomic mass is 15.4. The van der Waals surface area contributed by atoms with E-state index in [2.05, 4.69) is 38.6 Å². The average Bonchev–Trinajstić information content (AvgIpc) is 3.01. The second kappa shape index (κ2) is 6.03. The maximum atomic E-state index is 5.89. The quantitative estimate of drug-likeness (QED) is 0.917. The van der Waals surface area contributed by atoms with Gasteiger partial charge in [0.15, 0.2) is 0 Å². The van der Waals surface area contributed by atoms with Crippen LogP contribution in [0, 0.1) is 11.8 Å². The maximum Gasteiger partial charge on any atom is 0.231 e. The van der Waals surface area contributed by atoms with Crippen molar-refractivity contribution >= 4 is 17.8 Å². The van der Waals surface area contributed by atoms with Crippen LogP contribution in [0.15, 0.2) is 0 Å². The smallest absolute Gasteiger partial charge is 0.231 e. The maximum absolute atomic E-state index is 5.89. The highest BCUT2D eigenvalue weighted by Crippen LogP contribution is 2.27. The Hall–Kier alpha value is -1.59. The van der Waals surface area contributed by atoms with E-state index in [-0.39, 0.29) is 0 Å². The largest absolute Gasteiger partial charge is 0.368 e. The summed E-state index contributed by atoms with van der Waals surface area (Å²) in [4.78, 5) is 17.8. The van der Waals surface area contributed by atoms with Gasteiger partial charge in [-0.1, -0.05) is 13.8 Å². The van der Waals surface area contributed by atoms with E-state index in [9.17, 15) is 0 Å². The minimum atomic E-state index is 0.341. The zero-order valence-corrected chi connectivity index (χ0v) is 13.1. The van der Waals surface area contributed by atoms with Crippen LogP contribution in [0.3, 0.4) is 0 Å². The molecule has 3 heterocycles. The molecule has 0 spiro atoms. The fourth-order valence-corrected chi connectivity index (χ4v) is 3.34. The topological polar surface area (TPSA) is 71.2 Å². The molecule has 0 aliphatic carbocycles. The lowest BCUT2D eigenvalue weighted by atomic mass is 9.87. The molecule has 1 aromatic heterocycles. The molecule has 0 amide bonds. The van der Waals surface area contributed by atoms with Gasteiger partial charge in [0.1, 0.15) is 0 Å². The Balaban J connectivity index is 1.73. The number of rotatable bonds is 3. The van der Waals surface area contributed by atoms with Crippen molar-refractivity contribution in [2.24, 2.45) is 11.8 Å². The van der Waals surface area contributed by atoms with Gasteiger partial charge in [0.25, 0.3) is 0 Å². The van der Waals surface area contributed by atoms with Crippen molar-refractivity contribution in [2.45, 2.75) is 39.5 Å². The third kappa shape index (κ3) is 3.19. The molecule has 6 nitrogen and oxygen atoms in total. The van der Waals surface area contributed by atoms with Crippen LogP contribution >= 0.6 is 0 Å². The number of hydrogen-bond donors (Lipinski definition) is 1. The number of nitrogen functional groups attached to an aromatic ring is 1. The molecule has 0 bridgehead atoms. The van der Waals surface area contributed by atoms with Gasteiger partial charge in [-0.15, -0.1) is 0 Å². The number of anilines is 3. The third-order valence-corrected chi connectivity index (χ3v) is 4.78. The second-order valence-electron chi connectivity index (χ2n) is 6.56. The van der Waals surface area contributed by atoms with E-state index in [1.807, 2.05) is 0 Å². The van der Waals surface area contributed by atoms with E-state index in [4.69, 9.17) is 5.73 Å². The van der Waals surface area contributed by atoms with E-state index in [1.165, 1.54) is 25.7 Å². The summed E-state index contributed by atoms with van der Waals surface area (Å²) in [6, 6.07) is 0. The van der Waals surface area contributed by atoms with Crippen LogP contribution in [0.4, 0.5) is 17.8 Å². The first-order valence-electron chi connectivity index (χ1n) is 8.15. The standard InChI is InChI=1S/C15H26N6/c1-11(2)12-5-9-21(10-6-12)15-18-13(16)17-14(19-15)20-7-3-4-8-20/h11-12H,3-10H2,1-2H3,(H2,16,17,18,19). The first-order chi connectivity index (χ1) is 10.1. The SMILES string of the molecule is CC(C)C1CCN(c2nc(N)nc(N3CCCC3)n2)CC1. The molecule has 1 aromatic rings. The van der Waals surface area contributed by atoms with Crippen LogP contribution in [0.1, 0.15) is 39.5 Å². The predicted octanol–water partition coefficient (Wildman–Crippen LogP) is 1.93. The molecule has 2 aliphatic rings. The first-order valence-corrected chi connectivity index (χ1v) is 8.15. The molecule has 0 aromatic carbocycles. The monoisotopic (exact) mass is 290 g/mol. The Morgan fingerprint density at radius 2 is 1.43 bits per heavy atom. The molecule has 2 N–H and O–H groups in total. The van der Waals surface area contributed by atoms with E-state index in [0.29, 0.717) is 5.95 Å². The zero-order valence-electron chi connectivity index (χ0n) is 13.1. The average molecular weight is 290 g/mol. The second-order valence-corrected chi connectivity index (χ2v) is 6.56. The first kappa shape index (κ1) is 14.4. The number of piperidine rings is 1. The number of hydrogen-bond acceptors (Lipinski definition) is 6. The lowest BCUT2D eigenvalue weighted by Gasteiger charge is -2.34. The summed E-state index contributed by atoms with van der Waals surface area (Å²) in [5.74, 6) is 3.43. The lowest BCUT2D eigenvalue weighted by Crippen LogP contribution is -2.37. The van der Waals surface area contributed by atoms with E-state index in [0.717, 1.165) is 49.9 Å². The number of aromatic nitrogens is 3. The highest BCUT2D eigenvalue weighted by molar-refractivity contribution is 5.44. The summed E-state index contributed by atoms with van der Waals surface area (Å²) in [5, 5.41) is 0. The molecule has 2 aliphatic heterocycles. The van der Waals surface area contributed by atoms with Crippen LogP contribution in [-0.4, -0.2) is 41.1 Å². The van der Waals surface area contributed by atoms with Crippen LogP contribution in [0.25, 0.3) is 0 Å². The summed E-state index contributed by atoms with van der Waals surface area (Å²) < 4.78 is 0. The van der Waals surface area contributed by atoms with Gasteiger partial charge in [0.2, 0.25) is 17.8 Å². The molecular formula is C15H26N6. The number of nitrogens with two attached hydrogens (primary N) is 1. The molecule has 6 heteroatoms. The zero-order chi connectivity index (χ0) is 14.8. The Labute approximate surface area is 126 Å². The van der Waals surface area contributed by atoms with Gasteiger partial charge >= 0.3 is 0 Å². The van der Waals surface area contributed by atoms with Crippen LogP contribution in [0.5, 0.6) is 0 Å². The Kier molecular flexibility index (Phi) is 4.12. The molecule has 0 unspecified atom stereocenters. The van der Waals surface area contributed by atoms with E-state index >= 15 is 0 Å². The van der Waals surface area contributed by atoms with Crippen LogP contribution < -0.4 is 15.5 Å². The molecular weight excluding hydrogens is 264 g/mol. The molecule has 0 saturated carbocycles. The van der Waals surface area contributed by atoms with Crippen molar-refractivity contribution in [3.63, 3.8) is 0 Å². The molecule has 0 atom stereocenters. The molecule has 3 rings (SSSR count). The van der Waals surface area contributed by atoms with Crippen molar-refractivity contribution in [3.8, 4) is 0 Å². The molecule has 116 valence electrons. The highest BCUT2D eigenvalue weighted by Gasteiger charge is 2.24. The normalized spacial score (nSPS) is 20.5. The van der Waals surface area contributed by atoms with Crippen molar-refractivity contribution in [2.75, 3.05) is 41.7 Å². The van der Waals surface area contributed by atoms with E-state index in [1.54, 1.807) is 0 Å². The molecule has 2 saturated heterocycles. The summed E-state index contributed by atoms with van der Waals surface area (Å²) in [6.07, 6.45) is 4.84. The summed E-state index contributed by atoms with van der Waals surface area (Å²) in [5.41, 5.74) is 5.89. The van der Waals surface area contributed by atoms with Gasteiger partial charge in [0.05, 0.1) is 0 Å². The summed E-state index contributed by atoms with van der Waals surface area (Å²) in [7, 11) is 0. The fraction of sp³-hybridized carbons (Fsp3) is 0.800. The Morgan fingerprint density at radius 1 is 0.905 bits per heavy atom. The van der Waals surface area contributed by atoms with Crippen molar-refractivity contribution < 1.29 is 0 Å². The van der Waals surface area contributed by atoms with Crippen molar-refractivity contribution in [1.29, 1.82) is 0 Å².